The minimum absolute atomic E-state index is 0.0185. The highest BCUT2D eigenvalue weighted by molar-refractivity contribution is 5.82. The van der Waals surface area contributed by atoms with Gasteiger partial charge in [-0.05, 0) is 49.9 Å². The second-order valence-electron chi connectivity index (χ2n) is 5.97. The highest BCUT2D eigenvalue weighted by atomic mass is 16.5. The fourth-order valence-corrected chi connectivity index (χ4v) is 3.49. The first-order chi connectivity index (χ1) is 10.3. The van der Waals surface area contributed by atoms with Gasteiger partial charge in [0.2, 0.25) is 5.91 Å². The minimum atomic E-state index is 0.0185. The molecule has 2 heterocycles. The summed E-state index contributed by atoms with van der Waals surface area (Å²) >= 11 is 0. The molecular formula is C17H24N2O2. The van der Waals surface area contributed by atoms with Crippen LogP contribution in [0.25, 0.3) is 0 Å². The Morgan fingerprint density at radius 3 is 2.95 bits per heavy atom. The Morgan fingerprint density at radius 1 is 1.29 bits per heavy atom. The number of ether oxygens (including phenoxy) is 1. The average molecular weight is 288 g/mol. The molecule has 0 bridgehead atoms. The number of rotatable bonds is 3. The van der Waals surface area contributed by atoms with Gasteiger partial charge in [-0.15, -0.1) is 0 Å². The normalized spacial score (nSPS) is 25.9. The zero-order valence-corrected chi connectivity index (χ0v) is 12.7. The number of hydrogen-bond acceptors (Lipinski definition) is 3. The summed E-state index contributed by atoms with van der Waals surface area (Å²) < 4.78 is 5.31. The number of benzene rings is 1. The molecule has 0 aromatic heterocycles. The van der Waals surface area contributed by atoms with Crippen LogP contribution in [0.2, 0.25) is 0 Å². The predicted molar refractivity (Wildman–Crippen MR) is 82.3 cm³/mol. The summed E-state index contributed by atoms with van der Waals surface area (Å²) in [7, 11) is 1.68. The predicted octanol–water partition coefficient (Wildman–Crippen LogP) is 2.50. The van der Waals surface area contributed by atoms with E-state index in [0.717, 1.165) is 44.5 Å². The van der Waals surface area contributed by atoms with Crippen LogP contribution in [0.4, 0.5) is 0 Å². The molecule has 2 atom stereocenters. The van der Waals surface area contributed by atoms with Gasteiger partial charge in [-0.3, -0.25) is 4.79 Å². The molecule has 2 saturated heterocycles. The smallest absolute Gasteiger partial charge is 0.240 e. The van der Waals surface area contributed by atoms with Gasteiger partial charge in [-0.25, -0.2) is 0 Å². The Labute approximate surface area is 126 Å². The summed E-state index contributed by atoms with van der Waals surface area (Å²) in [5.41, 5.74) is 1.19. The van der Waals surface area contributed by atoms with Crippen molar-refractivity contribution in [2.24, 2.45) is 0 Å². The van der Waals surface area contributed by atoms with Crippen molar-refractivity contribution < 1.29 is 9.53 Å². The van der Waals surface area contributed by atoms with Crippen LogP contribution in [0.5, 0.6) is 5.75 Å². The van der Waals surface area contributed by atoms with E-state index in [1.165, 1.54) is 12.0 Å². The Kier molecular flexibility index (Phi) is 4.44. The van der Waals surface area contributed by atoms with Gasteiger partial charge >= 0.3 is 0 Å². The largest absolute Gasteiger partial charge is 0.497 e. The Morgan fingerprint density at radius 2 is 2.19 bits per heavy atom. The molecule has 2 aliphatic heterocycles. The van der Waals surface area contributed by atoms with E-state index in [0.29, 0.717) is 0 Å². The van der Waals surface area contributed by atoms with Crippen molar-refractivity contribution in [2.75, 3.05) is 20.2 Å². The molecule has 2 fully saturated rings. The molecule has 1 amide bonds. The third-order valence-corrected chi connectivity index (χ3v) is 4.62. The van der Waals surface area contributed by atoms with E-state index < -0.39 is 0 Å². The molecule has 0 aliphatic carbocycles. The van der Waals surface area contributed by atoms with Crippen LogP contribution in [-0.4, -0.2) is 37.0 Å². The fourth-order valence-electron chi connectivity index (χ4n) is 3.49. The Bertz CT molecular complexity index is 497. The Hall–Kier alpha value is -1.55. The molecule has 4 heteroatoms. The molecule has 4 nitrogen and oxygen atoms in total. The van der Waals surface area contributed by atoms with Crippen molar-refractivity contribution in [1.82, 2.24) is 10.2 Å². The molecule has 0 spiro atoms. The number of likely N-dealkylation sites (tertiary alicyclic amines) is 1. The standard InChI is InChI=1S/C17H24N2O2/c1-21-14-7-4-6-13(12-14)16-9-5-11-19(16)17(20)15-8-2-3-10-18-15/h4,6-7,12,15-16,18H,2-3,5,8-11H2,1H3. The van der Waals surface area contributed by atoms with E-state index in [4.69, 9.17) is 4.74 Å². The molecular weight excluding hydrogens is 264 g/mol. The molecule has 0 radical (unpaired) electrons. The molecule has 21 heavy (non-hydrogen) atoms. The van der Waals surface area contributed by atoms with Gasteiger partial charge in [0.15, 0.2) is 0 Å². The molecule has 114 valence electrons. The molecule has 1 aromatic rings. The van der Waals surface area contributed by atoms with E-state index >= 15 is 0 Å². The Balaban J connectivity index is 1.76. The van der Waals surface area contributed by atoms with E-state index in [1.54, 1.807) is 7.11 Å². The zero-order valence-electron chi connectivity index (χ0n) is 12.7. The van der Waals surface area contributed by atoms with Crippen LogP contribution in [0.15, 0.2) is 24.3 Å². The van der Waals surface area contributed by atoms with Gasteiger partial charge in [0.05, 0.1) is 19.2 Å². The quantitative estimate of drug-likeness (QED) is 0.929. The van der Waals surface area contributed by atoms with Gasteiger partial charge in [0.25, 0.3) is 0 Å². The van der Waals surface area contributed by atoms with Crippen molar-refractivity contribution >= 4 is 5.91 Å². The van der Waals surface area contributed by atoms with Crippen molar-refractivity contribution in [3.8, 4) is 5.75 Å². The SMILES string of the molecule is COc1cccc(C2CCCN2C(=O)C2CCCCN2)c1. The molecule has 1 N–H and O–H groups in total. The number of nitrogens with one attached hydrogen (secondary N) is 1. The molecule has 2 unspecified atom stereocenters. The topological polar surface area (TPSA) is 41.6 Å². The van der Waals surface area contributed by atoms with Gasteiger partial charge < -0.3 is 15.0 Å². The monoisotopic (exact) mass is 288 g/mol. The lowest BCUT2D eigenvalue weighted by atomic mass is 10.0. The van der Waals surface area contributed by atoms with Crippen molar-refractivity contribution in [1.29, 1.82) is 0 Å². The number of methoxy groups -OCH3 is 1. The molecule has 1 aromatic carbocycles. The number of hydrogen-bond donors (Lipinski definition) is 1. The first-order valence-corrected chi connectivity index (χ1v) is 7.97. The summed E-state index contributed by atoms with van der Waals surface area (Å²) in [6.07, 6.45) is 5.44. The summed E-state index contributed by atoms with van der Waals surface area (Å²) in [6.45, 7) is 1.84. The summed E-state index contributed by atoms with van der Waals surface area (Å²) in [6, 6.07) is 8.35. The molecule has 2 aliphatic rings. The third kappa shape index (κ3) is 3.05. The maximum Gasteiger partial charge on any atom is 0.240 e. The molecule has 3 rings (SSSR count). The van der Waals surface area contributed by atoms with E-state index in [9.17, 15) is 4.79 Å². The minimum Gasteiger partial charge on any atom is -0.497 e. The summed E-state index contributed by atoms with van der Waals surface area (Å²) in [5, 5.41) is 3.37. The second-order valence-corrected chi connectivity index (χ2v) is 5.97. The number of nitrogens with zero attached hydrogens (tertiary/aromatic N) is 1. The van der Waals surface area contributed by atoms with Crippen molar-refractivity contribution in [2.45, 2.75) is 44.2 Å². The van der Waals surface area contributed by atoms with Crippen molar-refractivity contribution in [3.63, 3.8) is 0 Å². The summed E-state index contributed by atoms with van der Waals surface area (Å²) in [5.74, 6) is 1.14. The number of carbonyl (C=O) groups is 1. The zero-order chi connectivity index (χ0) is 14.7. The lowest BCUT2D eigenvalue weighted by molar-refractivity contribution is -0.135. The van der Waals surface area contributed by atoms with E-state index in [2.05, 4.69) is 22.3 Å². The third-order valence-electron chi connectivity index (χ3n) is 4.62. The van der Waals surface area contributed by atoms with Crippen LogP contribution in [0.3, 0.4) is 0 Å². The van der Waals surface area contributed by atoms with Crippen LogP contribution in [0.1, 0.15) is 43.7 Å². The highest BCUT2D eigenvalue weighted by Gasteiger charge is 2.34. The lowest BCUT2D eigenvalue weighted by Crippen LogP contribution is -2.48. The number of piperidine rings is 1. The van der Waals surface area contributed by atoms with Crippen LogP contribution in [0, 0.1) is 0 Å². The van der Waals surface area contributed by atoms with Crippen LogP contribution < -0.4 is 10.1 Å². The first-order valence-electron chi connectivity index (χ1n) is 7.97. The number of carbonyl (C=O) groups excluding carboxylic acids is 1. The van der Waals surface area contributed by atoms with Crippen LogP contribution in [-0.2, 0) is 4.79 Å². The van der Waals surface area contributed by atoms with Crippen molar-refractivity contribution in [3.05, 3.63) is 29.8 Å². The van der Waals surface area contributed by atoms with Crippen LogP contribution >= 0.6 is 0 Å². The van der Waals surface area contributed by atoms with Gasteiger partial charge in [-0.1, -0.05) is 18.6 Å². The van der Waals surface area contributed by atoms with E-state index in [1.807, 2.05) is 12.1 Å². The second kappa shape index (κ2) is 6.48. The fraction of sp³-hybridized carbons (Fsp3) is 0.588. The van der Waals surface area contributed by atoms with Gasteiger partial charge in [0.1, 0.15) is 5.75 Å². The molecule has 0 saturated carbocycles. The number of amides is 1. The van der Waals surface area contributed by atoms with Gasteiger partial charge in [-0.2, -0.15) is 0 Å². The highest BCUT2D eigenvalue weighted by Crippen LogP contribution is 2.34. The maximum absolute atomic E-state index is 12.8. The average Bonchev–Trinajstić information content (AvgIpc) is 3.04. The van der Waals surface area contributed by atoms with Gasteiger partial charge in [0, 0.05) is 6.54 Å². The lowest BCUT2D eigenvalue weighted by Gasteiger charge is -2.31. The summed E-state index contributed by atoms with van der Waals surface area (Å²) in [4.78, 5) is 14.8. The van der Waals surface area contributed by atoms with E-state index in [-0.39, 0.29) is 18.0 Å². The first kappa shape index (κ1) is 14.4. The maximum atomic E-state index is 12.8.